The summed E-state index contributed by atoms with van der Waals surface area (Å²) in [7, 11) is 0. The number of hydrogen-bond acceptors (Lipinski definition) is 4. The van der Waals surface area contributed by atoms with Crippen molar-refractivity contribution in [3.63, 3.8) is 0 Å². The first-order valence-electron chi connectivity index (χ1n) is 10.5. The first-order valence-corrected chi connectivity index (χ1v) is 10.5. The largest absolute Gasteiger partial charge is 0.480 e. The minimum Gasteiger partial charge on any atom is -0.480 e. The van der Waals surface area contributed by atoms with E-state index in [2.05, 4.69) is 22.8 Å². The summed E-state index contributed by atoms with van der Waals surface area (Å²) in [6.07, 6.45) is -0.199. The van der Waals surface area contributed by atoms with Crippen molar-refractivity contribution in [2.75, 3.05) is 6.61 Å². The van der Waals surface area contributed by atoms with Crippen LogP contribution in [0.3, 0.4) is 0 Å². The first-order chi connectivity index (χ1) is 14.8. The van der Waals surface area contributed by atoms with Crippen molar-refractivity contribution in [2.24, 2.45) is 0 Å². The Morgan fingerprint density at radius 1 is 1.03 bits per heavy atom. The van der Waals surface area contributed by atoms with E-state index in [4.69, 9.17) is 4.74 Å². The van der Waals surface area contributed by atoms with E-state index in [0.29, 0.717) is 0 Å². The van der Waals surface area contributed by atoms with Crippen LogP contribution in [0.15, 0.2) is 48.5 Å². The number of ether oxygens (including phenoxy) is 1. The Bertz CT molecular complexity index is 944. The van der Waals surface area contributed by atoms with Gasteiger partial charge in [0, 0.05) is 5.92 Å². The zero-order chi connectivity index (χ0) is 22.6. The zero-order valence-electron chi connectivity index (χ0n) is 18.0. The summed E-state index contributed by atoms with van der Waals surface area (Å²) in [5.74, 6) is -1.76. The van der Waals surface area contributed by atoms with Crippen LogP contribution in [-0.2, 0) is 14.3 Å². The fourth-order valence-corrected chi connectivity index (χ4v) is 3.82. The van der Waals surface area contributed by atoms with E-state index in [9.17, 15) is 19.5 Å². The van der Waals surface area contributed by atoms with Gasteiger partial charge in [-0.05, 0) is 42.0 Å². The minimum absolute atomic E-state index is 0.0867. The fourth-order valence-electron chi connectivity index (χ4n) is 3.82. The van der Waals surface area contributed by atoms with Gasteiger partial charge in [-0.3, -0.25) is 4.79 Å². The van der Waals surface area contributed by atoms with Gasteiger partial charge in [0.2, 0.25) is 5.91 Å². The Labute approximate surface area is 181 Å². The first kappa shape index (κ1) is 22.3. The predicted octanol–water partition coefficient (Wildman–Crippen LogP) is 3.67. The molecule has 1 aliphatic carbocycles. The van der Waals surface area contributed by atoms with Crippen LogP contribution in [0.2, 0.25) is 0 Å². The zero-order valence-corrected chi connectivity index (χ0v) is 18.0. The number of fused-ring (bicyclic) bond motifs is 3. The standard InChI is InChI=1S/C24H28N2O5/c1-4-20(21(27)28)25-22(29)24(3,5-2)26-23(30)31-14-19-17-12-8-6-10-15(17)16-11-7-9-13-18(16)19/h6-13,19-20H,4-5,14H2,1-3H3,(H,25,29)(H,26,30)(H,27,28)/t20-,24?/m0/s1. The van der Waals surface area contributed by atoms with Crippen LogP contribution in [0.1, 0.15) is 50.7 Å². The highest BCUT2D eigenvalue weighted by Crippen LogP contribution is 2.44. The molecule has 0 saturated carbocycles. The van der Waals surface area contributed by atoms with E-state index in [1.165, 1.54) is 0 Å². The molecule has 0 heterocycles. The van der Waals surface area contributed by atoms with Crippen molar-refractivity contribution in [2.45, 2.75) is 51.1 Å². The lowest BCUT2D eigenvalue weighted by atomic mass is 9.97. The van der Waals surface area contributed by atoms with Gasteiger partial charge in [-0.15, -0.1) is 0 Å². The number of rotatable bonds is 8. The van der Waals surface area contributed by atoms with Crippen molar-refractivity contribution in [3.05, 3.63) is 59.7 Å². The maximum absolute atomic E-state index is 12.6. The molecule has 2 aromatic rings. The lowest BCUT2D eigenvalue weighted by Crippen LogP contribution is -2.59. The SMILES string of the molecule is CC[C@H](NC(=O)C(C)(CC)NC(=O)OCC1c2ccccc2-c2ccccc21)C(=O)O. The summed E-state index contributed by atoms with van der Waals surface area (Å²) >= 11 is 0. The molecule has 3 N–H and O–H groups in total. The summed E-state index contributed by atoms with van der Waals surface area (Å²) in [6, 6.07) is 15.0. The van der Waals surface area contributed by atoms with E-state index >= 15 is 0 Å². The van der Waals surface area contributed by atoms with Crippen molar-refractivity contribution in [1.29, 1.82) is 0 Å². The van der Waals surface area contributed by atoms with Gasteiger partial charge in [0.25, 0.3) is 0 Å². The van der Waals surface area contributed by atoms with E-state index in [1.807, 2.05) is 36.4 Å². The van der Waals surface area contributed by atoms with Crippen LogP contribution in [0.5, 0.6) is 0 Å². The Kier molecular flexibility index (Phi) is 6.63. The fraction of sp³-hybridized carbons (Fsp3) is 0.375. The molecule has 164 valence electrons. The number of hydrogen-bond donors (Lipinski definition) is 3. The lowest BCUT2D eigenvalue weighted by molar-refractivity contribution is -0.142. The Morgan fingerprint density at radius 2 is 1.58 bits per heavy atom. The molecule has 0 spiro atoms. The van der Waals surface area contributed by atoms with Gasteiger partial charge in [0.1, 0.15) is 18.2 Å². The predicted molar refractivity (Wildman–Crippen MR) is 117 cm³/mol. The van der Waals surface area contributed by atoms with Gasteiger partial charge in [-0.2, -0.15) is 0 Å². The van der Waals surface area contributed by atoms with Gasteiger partial charge >= 0.3 is 12.1 Å². The Balaban J connectivity index is 1.68. The molecule has 1 unspecified atom stereocenters. The third-order valence-electron chi connectivity index (χ3n) is 5.94. The van der Waals surface area contributed by atoms with Gasteiger partial charge in [-0.25, -0.2) is 9.59 Å². The van der Waals surface area contributed by atoms with Gasteiger partial charge in [0.05, 0.1) is 0 Å². The van der Waals surface area contributed by atoms with Gasteiger partial charge < -0.3 is 20.5 Å². The number of carboxylic acid groups (broad SMARTS) is 1. The van der Waals surface area contributed by atoms with Crippen molar-refractivity contribution in [3.8, 4) is 11.1 Å². The Hall–Kier alpha value is -3.35. The maximum atomic E-state index is 12.6. The summed E-state index contributed by atoms with van der Waals surface area (Å²) in [4.78, 5) is 36.4. The van der Waals surface area contributed by atoms with Gasteiger partial charge in [0.15, 0.2) is 0 Å². The van der Waals surface area contributed by atoms with E-state index in [1.54, 1.807) is 20.8 Å². The normalized spacial score (nSPS) is 15.2. The van der Waals surface area contributed by atoms with Crippen molar-refractivity contribution in [1.82, 2.24) is 10.6 Å². The molecule has 31 heavy (non-hydrogen) atoms. The lowest BCUT2D eigenvalue weighted by Gasteiger charge is -2.29. The number of aliphatic carboxylic acids is 1. The topological polar surface area (TPSA) is 105 Å². The van der Waals surface area contributed by atoms with Crippen LogP contribution in [0.25, 0.3) is 11.1 Å². The number of carbonyl (C=O) groups excluding carboxylic acids is 2. The van der Waals surface area contributed by atoms with E-state index in [0.717, 1.165) is 22.3 Å². The van der Waals surface area contributed by atoms with Crippen molar-refractivity contribution < 1.29 is 24.2 Å². The van der Waals surface area contributed by atoms with Crippen molar-refractivity contribution >= 4 is 18.0 Å². The summed E-state index contributed by atoms with van der Waals surface area (Å²) < 4.78 is 5.52. The number of amides is 2. The second kappa shape index (κ2) is 9.20. The van der Waals surface area contributed by atoms with E-state index in [-0.39, 0.29) is 25.4 Å². The molecular weight excluding hydrogens is 396 g/mol. The number of benzene rings is 2. The molecule has 2 aromatic carbocycles. The number of carbonyl (C=O) groups is 3. The molecular formula is C24H28N2O5. The maximum Gasteiger partial charge on any atom is 0.408 e. The molecule has 0 radical (unpaired) electrons. The average molecular weight is 424 g/mol. The summed E-state index contributed by atoms with van der Waals surface area (Å²) in [5, 5.41) is 14.3. The molecule has 0 fully saturated rings. The molecule has 2 atom stereocenters. The second-order valence-electron chi connectivity index (χ2n) is 7.91. The molecule has 0 aromatic heterocycles. The molecule has 3 rings (SSSR count). The molecule has 7 nitrogen and oxygen atoms in total. The smallest absolute Gasteiger partial charge is 0.408 e. The van der Waals surface area contributed by atoms with Crippen LogP contribution >= 0.6 is 0 Å². The second-order valence-corrected chi connectivity index (χ2v) is 7.91. The Morgan fingerprint density at radius 3 is 2.06 bits per heavy atom. The molecule has 1 aliphatic rings. The van der Waals surface area contributed by atoms with Crippen LogP contribution in [0, 0.1) is 0 Å². The highest BCUT2D eigenvalue weighted by molar-refractivity contribution is 5.92. The monoisotopic (exact) mass is 424 g/mol. The summed E-state index contributed by atoms with van der Waals surface area (Å²) in [5.41, 5.74) is 3.17. The summed E-state index contributed by atoms with van der Waals surface area (Å²) in [6.45, 7) is 5.10. The quantitative estimate of drug-likeness (QED) is 0.600. The highest BCUT2D eigenvalue weighted by Gasteiger charge is 2.36. The molecule has 7 heteroatoms. The molecule has 0 saturated heterocycles. The third kappa shape index (κ3) is 4.55. The molecule has 0 bridgehead atoms. The molecule has 0 aliphatic heterocycles. The third-order valence-corrected chi connectivity index (χ3v) is 5.94. The highest BCUT2D eigenvalue weighted by atomic mass is 16.5. The van der Waals surface area contributed by atoms with Crippen LogP contribution < -0.4 is 10.6 Å². The van der Waals surface area contributed by atoms with Crippen LogP contribution in [-0.4, -0.2) is 41.3 Å². The van der Waals surface area contributed by atoms with E-state index < -0.39 is 29.6 Å². The van der Waals surface area contributed by atoms with Gasteiger partial charge in [-0.1, -0.05) is 62.4 Å². The number of nitrogens with one attached hydrogen (secondary N) is 2. The number of carboxylic acids is 1. The minimum atomic E-state index is -1.29. The van der Waals surface area contributed by atoms with Crippen LogP contribution in [0.4, 0.5) is 4.79 Å². The number of alkyl carbamates (subject to hydrolysis) is 1. The average Bonchev–Trinajstić information content (AvgIpc) is 3.09. The molecule has 2 amide bonds.